The van der Waals surface area contributed by atoms with E-state index in [0.29, 0.717) is 11.1 Å². The van der Waals surface area contributed by atoms with Gasteiger partial charge in [0.1, 0.15) is 0 Å². The molecule has 1 aliphatic heterocycles. The highest BCUT2D eigenvalue weighted by atomic mass is 35.5. The first kappa shape index (κ1) is 15.6. The van der Waals surface area contributed by atoms with Gasteiger partial charge in [-0.3, -0.25) is 4.79 Å². The third kappa shape index (κ3) is 4.37. The maximum absolute atomic E-state index is 11.2. The summed E-state index contributed by atoms with van der Waals surface area (Å²) >= 11 is 12.0. The molecule has 0 atom stereocenters. The fourth-order valence-corrected chi connectivity index (χ4v) is 3.04. The summed E-state index contributed by atoms with van der Waals surface area (Å²) in [5, 5.41) is 4.94. The molecule has 0 bridgehead atoms. The second-order valence-electron chi connectivity index (χ2n) is 5.22. The lowest BCUT2D eigenvalue weighted by molar-refractivity contribution is -0.129. The number of likely N-dealkylation sites (tertiary alicyclic amines) is 1. The van der Waals surface area contributed by atoms with Crippen molar-refractivity contribution in [2.24, 2.45) is 0 Å². The van der Waals surface area contributed by atoms with Crippen LogP contribution >= 0.6 is 23.2 Å². The van der Waals surface area contributed by atoms with E-state index in [9.17, 15) is 4.79 Å². The standard InChI is InChI=1S/C15H20Cl2N2O/c1-11(20)19-8-5-14(6-9-19)18-7-4-12-2-3-13(16)10-15(12)17/h2-3,10,14,18H,4-9H2,1H3. The van der Waals surface area contributed by atoms with Gasteiger partial charge in [-0.05, 0) is 43.5 Å². The first-order valence-corrected chi connectivity index (χ1v) is 7.74. The highest BCUT2D eigenvalue weighted by molar-refractivity contribution is 6.35. The number of nitrogens with zero attached hydrogens (tertiary/aromatic N) is 1. The van der Waals surface area contributed by atoms with Crippen LogP contribution in [0.15, 0.2) is 18.2 Å². The van der Waals surface area contributed by atoms with E-state index in [-0.39, 0.29) is 5.91 Å². The van der Waals surface area contributed by atoms with E-state index in [1.54, 1.807) is 13.0 Å². The Labute approximate surface area is 130 Å². The Kier molecular flexibility index (Phi) is 5.70. The number of hydrogen-bond donors (Lipinski definition) is 1. The van der Waals surface area contributed by atoms with Crippen LogP contribution in [0.4, 0.5) is 0 Å². The summed E-state index contributed by atoms with van der Waals surface area (Å²) in [6.07, 6.45) is 2.94. The Morgan fingerprint density at radius 3 is 2.65 bits per heavy atom. The van der Waals surface area contributed by atoms with Gasteiger partial charge in [0.25, 0.3) is 0 Å². The molecular weight excluding hydrogens is 295 g/mol. The third-order valence-corrected chi connectivity index (χ3v) is 4.37. The van der Waals surface area contributed by atoms with E-state index in [1.165, 1.54) is 0 Å². The Morgan fingerprint density at radius 2 is 2.05 bits per heavy atom. The van der Waals surface area contributed by atoms with Crippen LogP contribution in [-0.4, -0.2) is 36.5 Å². The predicted octanol–water partition coefficient (Wildman–Crippen LogP) is 3.14. The molecule has 0 aliphatic carbocycles. The quantitative estimate of drug-likeness (QED) is 0.926. The summed E-state index contributed by atoms with van der Waals surface area (Å²) in [5.74, 6) is 0.177. The normalized spacial score (nSPS) is 16.4. The van der Waals surface area contributed by atoms with Gasteiger partial charge < -0.3 is 10.2 Å². The number of rotatable bonds is 4. The van der Waals surface area contributed by atoms with Crippen LogP contribution in [0.5, 0.6) is 0 Å². The average Bonchev–Trinajstić information content (AvgIpc) is 2.42. The van der Waals surface area contributed by atoms with Crippen LogP contribution in [-0.2, 0) is 11.2 Å². The molecule has 0 unspecified atom stereocenters. The molecule has 1 aromatic rings. The molecule has 0 radical (unpaired) electrons. The van der Waals surface area contributed by atoms with Crippen molar-refractivity contribution < 1.29 is 4.79 Å². The Hall–Kier alpha value is -0.770. The van der Waals surface area contributed by atoms with Gasteiger partial charge in [0.15, 0.2) is 0 Å². The van der Waals surface area contributed by atoms with Crippen LogP contribution in [0.3, 0.4) is 0 Å². The van der Waals surface area contributed by atoms with Gasteiger partial charge >= 0.3 is 0 Å². The molecular formula is C15H20Cl2N2O. The minimum atomic E-state index is 0.177. The lowest BCUT2D eigenvalue weighted by Gasteiger charge is -2.31. The molecule has 2 rings (SSSR count). The van der Waals surface area contributed by atoms with E-state index in [0.717, 1.165) is 49.5 Å². The Balaban J connectivity index is 1.73. The molecule has 1 saturated heterocycles. The van der Waals surface area contributed by atoms with Crippen molar-refractivity contribution in [1.82, 2.24) is 10.2 Å². The fraction of sp³-hybridized carbons (Fsp3) is 0.533. The van der Waals surface area contributed by atoms with Gasteiger partial charge in [-0.15, -0.1) is 0 Å². The van der Waals surface area contributed by atoms with Gasteiger partial charge in [-0.2, -0.15) is 0 Å². The van der Waals surface area contributed by atoms with Gasteiger partial charge in [0.05, 0.1) is 0 Å². The monoisotopic (exact) mass is 314 g/mol. The molecule has 1 amide bonds. The second-order valence-corrected chi connectivity index (χ2v) is 6.06. The van der Waals surface area contributed by atoms with Crippen molar-refractivity contribution in [2.75, 3.05) is 19.6 Å². The molecule has 5 heteroatoms. The van der Waals surface area contributed by atoms with E-state index in [2.05, 4.69) is 5.32 Å². The van der Waals surface area contributed by atoms with E-state index >= 15 is 0 Å². The topological polar surface area (TPSA) is 32.3 Å². The smallest absolute Gasteiger partial charge is 0.219 e. The summed E-state index contributed by atoms with van der Waals surface area (Å²) in [6, 6.07) is 6.12. The average molecular weight is 315 g/mol. The summed E-state index contributed by atoms with van der Waals surface area (Å²) in [4.78, 5) is 13.2. The van der Waals surface area contributed by atoms with Crippen LogP contribution in [0.2, 0.25) is 10.0 Å². The van der Waals surface area contributed by atoms with Gasteiger partial charge in [-0.25, -0.2) is 0 Å². The summed E-state index contributed by atoms with van der Waals surface area (Å²) in [5.41, 5.74) is 1.12. The van der Waals surface area contributed by atoms with Crippen molar-refractivity contribution in [3.05, 3.63) is 33.8 Å². The minimum absolute atomic E-state index is 0.177. The first-order chi connectivity index (χ1) is 9.56. The number of amides is 1. The highest BCUT2D eigenvalue weighted by Gasteiger charge is 2.19. The van der Waals surface area contributed by atoms with E-state index in [1.807, 2.05) is 17.0 Å². The lowest BCUT2D eigenvalue weighted by atomic mass is 10.0. The summed E-state index contributed by atoms with van der Waals surface area (Å²) in [6.45, 7) is 4.24. The largest absolute Gasteiger partial charge is 0.343 e. The second kappa shape index (κ2) is 7.30. The minimum Gasteiger partial charge on any atom is -0.343 e. The maximum Gasteiger partial charge on any atom is 0.219 e. The molecule has 1 aliphatic rings. The number of benzene rings is 1. The molecule has 20 heavy (non-hydrogen) atoms. The van der Waals surface area contributed by atoms with Gasteiger partial charge in [0, 0.05) is 36.1 Å². The lowest BCUT2D eigenvalue weighted by Crippen LogP contribution is -2.44. The Bertz CT molecular complexity index is 471. The zero-order chi connectivity index (χ0) is 14.5. The molecule has 1 N–H and O–H groups in total. The highest BCUT2D eigenvalue weighted by Crippen LogP contribution is 2.21. The first-order valence-electron chi connectivity index (χ1n) is 6.99. The predicted molar refractivity (Wildman–Crippen MR) is 83.4 cm³/mol. The zero-order valence-electron chi connectivity index (χ0n) is 11.7. The maximum atomic E-state index is 11.2. The van der Waals surface area contributed by atoms with Gasteiger partial charge in [-0.1, -0.05) is 29.3 Å². The number of piperidine rings is 1. The molecule has 1 aromatic carbocycles. The number of carbonyl (C=O) groups excluding carboxylic acids is 1. The Morgan fingerprint density at radius 1 is 1.35 bits per heavy atom. The fourth-order valence-electron chi connectivity index (χ4n) is 2.53. The van der Waals surface area contributed by atoms with Crippen molar-refractivity contribution in [3.8, 4) is 0 Å². The summed E-state index contributed by atoms with van der Waals surface area (Å²) in [7, 11) is 0. The van der Waals surface area contributed by atoms with E-state index in [4.69, 9.17) is 23.2 Å². The van der Waals surface area contributed by atoms with Crippen LogP contribution in [0.1, 0.15) is 25.3 Å². The molecule has 0 spiro atoms. The van der Waals surface area contributed by atoms with Crippen molar-refractivity contribution >= 4 is 29.1 Å². The number of halogens is 2. The van der Waals surface area contributed by atoms with Crippen LogP contribution in [0, 0.1) is 0 Å². The summed E-state index contributed by atoms with van der Waals surface area (Å²) < 4.78 is 0. The number of carbonyl (C=O) groups is 1. The van der Waals surface area contributed by atoms with E-state index < -0.39 is 0 Å². The van der Waals surface area contributed by atoms with Crippen molar-refractivity contribution in [3.63, 3.8) is 0 Å². The van der Waals surface area contributed by atoms with Gasteiger partial charge in [0.2, 0.25) is 5.91 Å². The van der Waals surface area contributed by atoms with Crippen LogP contribution < -0.4 is 5.32 Å². The molecule has 0 saturated carbocycles. The SMILES string of the molecule is CC(=O)N1CCC(NCCc2ccc(Cl)cc2Cl)CC1. The molecule has 0 aromatic heterocycles. The zero-order valence-corrected chi connectivity index (χ0v) is 13.2. The molecule has 1 fully saturated rings. The number of hydrogen-bond acceptors (Lipinski definition) is 2. The van der Waals surface area contributed by atoms with Crippen molar-refractivity contribution in [2.45, 2.75) is 32.2 Å². The molecule has 1 heterocycles. The van der Waals surface area contributed by atoms with Crippen LogP contribution in [0.25, 0.3) is 0 Å². The molecule has 3 nitrogen and oxygen atoms in total. The molecule has 110 valence electrons. The van der Waals surface area contributed by atoms with Crippen molar-refractivity contribution in [1.29, 1.82) is 0 Å². The third-order valence-electron chi connectivity index (χ3n) is 3.78. The number of nitrogens with one attached hydrogen (secondary N) is 1.